The molecule has 21 heavy (non-hydrogen) atoms. The fourth-order valence-corrected chi connectivity index (χ4v) is 1.87. The molecular weight excluding hydrogens is 286 g/mol. The summed E-state index contributed by atoms with van der Waals surface area (Å²) in [5.41, 5.74) is 0.0359. The Labute approximate surface area is 119 Å². The zero-order chi connectivity index (χ0) is 15.6. The van der Waals surface area contributed by atoms with Gasteiger partial charge in [0.2, 0.25) is 5.95 Å². The SMILES string of the molecule is CCNc1ncc(C)c(-c2ccc(C(F)(F)F)c(F)c2)n1. The van der Waals surface area contributed by atoms with Crippen LogP contribution in [0.2, 0.25) is 0 Å². The first-order valence-corrected chi connectivity index (χ1v) is 6.27. The van der Waals surface area contributed by atoms with Gasteiger partial charge in [0.15, 0.2) is 0 Å². The van der Waals surface area contributed by atoms with Gasteiger partial charge in [0.05, 0.1) is 11.3 Å². The Bertz CT molecular complexity index is 653. The summed E-state index contributed by atoms with van der Waals surface area (Å²) >= 11 is 0. The van der Waals surface area contributed by atoms with Gasteiger partial charge in [0.25, 0.3) is 0 Å². The Hall–Kier alpha value is -2.18. The van der Waals surface area contributed by atoms with Gasteiger partial charge in [-0.25, -0.2) is 14.4 Å². The highest BCUT2D eigenvalue weighted by atomic mass is 19.4. The number of aryl methyl sites for hydroxylation is 1. The summed E-state index contributed by atoms with van der Waals surface area (Å²) in [6.07, 6.45) is -3.17. The minimum Gasteiger partial charge on any atom is -0.354 e. The number of rotatable bonds is 3. The van der Waals surface area contributed by atoms with Crippen LogP contribution in [0.5, 0.6) is 0 Å². The van der Waals surface area contributed by atoms with Gasteiger partial charge in [-0.2, -0.15) is 13.2 Å². The highest BCUT2D eigenvalue weighted by Crippen LogP contribution is 2.33. The van der Waals surface area contributed by atoms with Crippen LogP contribution < -0.4 is 5.32 Å². The molecule has 3 nitrogen and oxygen atoms in total. The lowest BCUT2D eigenvalue weighted by Crippen LogP contribution is -2.08. The maximum absolute atomic E-state index is 13.6. The normalized spacial score (nSPS) is 11.5. The molecule has 1 aromatic heterocycles. The van der Waals surface area contributed by atoms with E-state index in [1.807, 2.05) is 6.92 Å². The molecule has 0 aliphatic heterocycles. The number of nitrogens with one attached hydrogen (secondary N) is 1. The zero-order valence-corrected chi connectivity index (χ0v) is 11.4. The smallest absolute Gasteiger partial charge is 0.354 e. The van der Waals surface area contributed by atoms with E-state index in [4.69, 9.17) is 0 Å². The summed E-state index contributed by atoms with van der Waals surface area (Å²) in [4.78, 5) is 8.23. The van der Waals surface area contributed by atoms with E-state index in [1.54, 1.807) is 6.92 Å². The van der Waals surface area contributed by atoms with E-state index >= 15 is 0 Å². The maximum atomic E-state index is 13.6. The van der Waals surface area contributed by atoms with Crippen molar-refractivity contribution in [2.45, 2.75) is 20.0 Å². The van der Waals surface area contributed by atoms with Gasteiger partial charge < -0.3 is 5.32 Å². The van der Waals surface area contributed by atoms with Crippen LogP contribution in [-0.4, -0.2) is 16.5 Å². The van der Waals surface area contributed by atoms with Crippen LogP contribution in [0.3, 0.4) is 0 Å². The highest BCUT2D eigenvalue weighted by Gasteiger charge is 2.34. The summed E-state index contributed by atoms with van der Waals surface area (Å²) in [5.74, 6) is -0.971. The molecule has 0 fully saturated rings. The molecule has 2 rings (SSSR count). The predicted molar refractivity (Wildman–Crippen MR) is 71.3 cm³/mol. The van der Waals surface area contributed by atoms with E-state index < -0.39 is 17.6 Å². The molecule has 0 radical (unpaired) electrons. The Balaban J connectivity index is 2.48. The van der Waals surface area contributed by atoms with Crippen molar-refractivity contribution in [3.63, 3.8) is 0 Å². The molecule has 0 atom stereocenters. The fraction of sp³-hybridized carbons (Fsp3) is 0.286. The maximum Gasteiger partial charge on any atom is 0.419 e. The molecule has 112 valence electrons. The van der Waals surface area contributed by atoms with Crippen LogP contribution in [0.25, 0.3) is 11.3 Å². The van der Waals surface area contributed by atoms with E-state index in [1.165, 1.54) is 12.3 Å². The molecule has 0 unspecified atom stereocenters. The van der Waals surface area contributed by atoms with Gasteiger partial charge in [-0.3, -0.25) is 0 Å². The topological polar surface area (TPSA) is 37.8 Å². The van der Waals surface area contributed by atoms with Crippen LogP contribution in [0.4, 0.5) is 23.5 Å². The van der Waals surface area contributed by atoms with Crippen LogP contribution >= 0.6 is 0 Å². The minimum absolute atomic E-state index is 0.277. The van der Waals surface area contributed by atoms with Crippen molar-refractivity contribution in [2.75, 3.05) is 11.9 Å². The van der Waals surface area contributed by atoms with E-state index in [0.29, 0.717) is 23.8 Å². The number of halogens is 4. The van der Waals surface area contributed by atoms with Crippen molar-refractivity contribution in [1.29, 1.82) is 0 Å². The molecule has 0 bridgehead atoms. The predicted octanol–water partition coefficient (Wildman–Crippen LogP) is 4.04. The lowest BCUT2D eigenvalue weighted by atomic mass is 10.1. The largest absolute Gasteiger partial charge is 0.419 e. The zero-order valence-electron chi connectivity index (χ0n) is 11.4. The van der Waals surface area contributed by atoms with Crippen LogP contribution in [0.15, 0.2) is 24.4 Å². The van der Waals surface area contributed by atoms with Gasteiger partial charge in [0, 0.05) is 18.3 Å². The average molecular weight is 299 g/mol. The van der Waals surface area contributed by atoms with Crippen molar-refractivity contribution in [2.24, 2.45) is 0 Å². The van der Waals surface area contributed by atoms with Gasteiger partial charge in [-0.15, -0.1) is 0 Å². The molecule has 0 amide bonds. The second kappa shape index (κ2) is 5.67. The average Bonchev–Trinajstić information content (AvgIpc) is 2.39. The Kier molecular flexibility index (Phi) is 4.11. The Morgan fingerprint density at radius 2 is 1.95 bits per heavy atom. The minimum atomic E-state index is -4.71. The summed E-state index contributed by atoms with van der Waals surface area (Å²) < 4.78 is 51.3. The van der Waals surface area contributed by atoms with Gasteiger partial charge >= 0.3 is 6.18 Å². The van der Waals surface area contributed by atoms with Gasteiger partial charge in [-0.1, -0.05) is 6.07 Å². The second-order valence-corrected chi connectivity index (χ2v) is 4.45. The van der Waals surface area contributed by atoms with Crippen molar-refractivity contribution in [3.8, 4) is 11.3 Å². The molecule has 0 saturated heterocycles. The first-order chi connectivity index (χ1) is 9.82. The van der Waals surface area contributed by atoms with Crippen LogP contribution in [0.1, 0.15) is 18.1 Å². The number of alkyl halides is 3. The summed E-state index contributed by atoms with van der Waals surface area (Å²) in [5, 5.41) is 2.90. The van der Waals surface area contributed by atoms with Crippen LogP contribution in [0, 0.1) is 12.7 Å². The monoisotopic (exact) mass is 299 g/mol. The lowest BCUT2D eigenvalue weighted by molar-refractivity contribution is -0.139. The number of anilines is 1. The molecule has 0 spiro atoms. The molecule has 1 heterocycles. The van der Waals surface area contributed by atoms with E-state index in [0.717, 1.165) is 12.1 Å². The standard InChI is InChI=1S/C14H13F4N3/c1-3-19-13-20-7-8(2)12(21-13)9-4-5-10(11(15)6-9)14(16,17)18/h4-7H,3H2,1-2H3,(H,19,20,21). The lowest BCUT2D eigenvalue weighted by Gasteiger charge is -2.11. The second-order valence-electron chi connectivity index (χ2n) is 4.45. The highest BCUT2D eigenvalue weighted by molar-refractivity contribution is 5.64. The first-order valence-electron chi connectivity index (χ1n) is 6.27. The number of hydrogen-bond donors (Lipinski definition) is 1. The van der Waals surface area contributed by atoms with Gasteiger partial charge in [0.1, 0.15) is 5.82 Å². The molecule has 2 aromatic rings. The first kappa shape index (κ1) is 15.2. The van der Waals surface area contributed by atoms with E-state index in [-0.39, 0.29) is 5.56 Å². The Morgan fingerprint density at radius 3 is 2.52 bits per heavy atom. The number of aromatic nitrogens is 2. The third-order valence-corrected chi connectivity index (χ3v) is 2.85. The summed E-state index contributed by atoms with van der Waals surface area (Å²) in [6.45, 7) is 4.17. The molecule has 0 aliphatic rings. The molecule has 0 aliphatic carbocycles. The molecule has 1 N–H and O–H groups in total. The van der Waals surface area contributed by atoms with Gasteiger partial charge in [-0.05, 0) is 31.5 Å². The number of nitrogens with zero attached hydrogens (tertiary/aromatic N) is 2. The summed E-state index contributed by atoms with van der Waals surface area (Å²) in [7, 11) is 0. The third kappa shape index (κ3) is 3.29. The van der Waals surface area contributed by atoms with Crippen molar-refractivity contribution >= 4 is 5.95 Å². The molecule has 0 saturated carbocycles. The van der Waals surface area contributed by atoms with E-state index in [9.17, 15) is 17.6 Å². The Morgan fingerprint density at radius 1 is 1.24 bits per heavy atom. The number of hydrogen-bond acceptors (Lipinski definition) is 3. The van der Waals surface area contributed by atoms with E-state index in [2.05, 4.69) is 15.3 Å². The molecular formula is C14H13F4N3. The summed E-state index contributed by atoms with van der Waals surface area (Å²) in [6, 6.07) is 2.77. The fourth-order valence-electron chi connectivity index (χ4n) is 1.87. The number of benzene rings is 1. The quantitative estimate of drug-likeness (QED) is 0.869. The van der Waals surface area contributed by atoms with Crippen LogP contribution in [-0.2, 0) is 6.18 Å². The van der Waals surface area contributed by atoms with Crippen molar-refractivity contribution < 1.29 is 17.6 Å². The van der Waals surface area contributed by atoms with Crippen molar-refractivity contribution in [1.82, 2.24) is 9.97 Å². The molecule has 1 aromatic carbocycles. The third-order valence-electron chi connectivity index (χ3n) is 2.85. The molecule has 7 heteroatoms. The van der Waals surface area contributed by atoms with Crippen molar-refractivity contribution in [3.05, 3.63) is 41.3 Å².